The van der Waals surface area contributed by atoms with E-state index in [9.17, 15) is 40.5 Å². The molecule has 2 rings (SSSR count). The number of ether oxygens (including phenoxy) is 6. The average molecular weight is 1030 g/mol. The zero-order valence-electron chi connectivity index (χ0n) is 45.7. The van der Waals surface area contributed by atoms with Gasteiger partial charge in [-0.15, -0.1) is 0 Å². The molecule has 0 amide bonds. The van der Waals surface area contributed by atoms with E-state index in [4.69, 9.17) is 28.4 Å². The highest BCUT2D eigenvalue weighted by Gasteiger charge is 2.47. The molecule has 0 aromatic rings. The van der Waals surface area contributed by atoms with Gasteiger partial charge in [0, 0.05) is 13.0 Å². The van der Waals surface area contributed by atoms with Gasteiger partial charge in [-0.1, -0.05) is 219 Å². The summed E-state index contributed by atoms with van der Waals surface area (Å²) in [5, 5.41) is 72.3. The van der Waals surface area contributed by atoms with Crippen molar-refractivity contribution >= 4 is 5.97 Å². The summed E-state index contributed by atoms with van der Waals surface area (Å²) in [6.07, 6.45) is 34.1. The monoisotopic (exact) mass is 1030 g/mol. The zero-order chi connectivity index (χ0) is 52.3. The molecule has 0 aromatic heterocycles. The molecule has 0 saturated carbocycles. The summed E-state index contributed by atoms with van der Waals surface area (Å²) in [6.45, 7) is 3.74. The van der Waals surface area contributed by atoms with Crippen LogP contribution in [0.25, 0.3) is 0 Å². The third-order valence-corrected chi connectivity index (χ3v) is 14.5. The molecule has 72 heavy (non-hydrogen) atoms. The van der Waals surface area contributed by atoms with Crippen LogP contribution in [-0.4, -0.2) is 142 Å². The summed E-state index contributed by atoms with van der Waals surface area (Å²) in [5.41, 5.74) is 0. The molecule has 14 heteroatoms. The minimum atomic E-state index is -1.70. The quantitative estimate of drug-likeness (QED) is 0.0172. The number of aliphatic hydroxyl groups excluding tert-OH is 7. The van der Waals surface area contributed by atoms with E-state index in [1.165, 1.54) is 186 Å². The summed E-state index contributed by atoms with van der Waals surface area (Å²) in [4.78, 5) is 13.1. The number of esters is 1. The highest BCUT2D eigenvalue weighted by Crippen LogP contribution is 2.27. The third-order valence-electron chi connectivity index (χ3n) is 14.5. The van der Waals surface area contributed by atoms with Crippen LogP contribution in [0.3, 0.4) is 0 Å². The molecular weight excluding hydrogens is 921 g/mol. The molecule has 14 nitrogen and oxygen atoms in total. The second kappa shape index (κ2) is 45.9. The number of hydrogen-bond acceptors (Lipinski definition) is 14. The predicted molar refractivity (Wildman–Crippen MR) is 284 cm³/mol. The van der Waals surface area contributed by atoms with Crippen molar-refractivity contribution in [2.24, 2.45) is 0 Å². The van der Waals surface area contributed by atoms with Crippen molar-refractivity contribution in [1.29, 1.82) is 0 Å². The van der Waals surface area contributed by atoms with Crippen LogP contribution in [0.15, 0.2) is 12.2 Å². The average Bonchev–Trinajstić information content (AvgIpc) is 3.38. The molecule has 2 fully saturated rings. The fourth-order valence-corrected chi connectivity index (χ4v) is 9.69. The third kappa shape index (κ3) is 32.3. The van der Waals surface area contributed by atoms with Gasteiger partial charge in [-0.3, -0.25) is 4.79 Å². The van der Waals surface area contributed by atoms with Crippen LogP contribution in [0.2, 0.25) is 0 Å². The van der Waals surface area contributed by atoms with E-state index >= 15 is 0 Å². The number of allylic oxidation sites excluding steroid dienone is 2. The van der Waals surface area contributed by atoms with E-state index in [1.807, 2.05) is 0 Å². The molecular formula is C58H110O14. The first-order chi connectivity index (χ1) is 35.1. The molecule has 0 bridgehead atoms. The largest absolute Gasteiger partial charge is 0.457 e. The lowest BCUT2D eigenvalue weighted by molar-refractivity contribution is -0.332. The summed E-state index contributed by atoms with van der Waals surface area (Å²) in [7, 11) is 0. The maximum atomic E-state index is 13.1. The molecule has 11 atom stereocenters. The summed E-state index contributed by atoms with van der Waals surface area (Å²) >= 11 is 0. The molecule has 2 saturated heterocycles. The normalized spacial score (nSPS) is 25.1. The van der Waals surface area contributed by atoms with Crippen molar-refractivity contribution in [3.63, 3.8) is 0 Å². The molecule has 0 aliphatic carbocycles. The lowest BCUT2D eigenvalue weighted by atomic mass is 9.98. The van der Waals surface area contributed by atoms with E-state index in [1.54, 1.807) is 0 Å². The fourth-order valence-electron chi connectivity index (χ4n) is 9.69. The zero-order valence-corrected chi connectivity index (χ0v) is 45.7. The second-order valence-electron chi connectivity index (χ2n) is 21.2. The minimum Gasteiger partial charge on any atom is -0.457 e. The molecule has 426 valence electrons. The van der Waals surface area contributed by atoms with Crippen molar-refractivity contribution in [3.05, 3.63) is 12.2 Å². The fraction of sp³-hybridized carbons (Fsp3) is 0.948. The number of rotatable bonds is 49. The molecule has 2 aliphatic rings. The van der Waals surface area contributed by atoms with Crippen LogP contribution in [0, 0.1) is 0 Å². The Morgan fingerprint density at radius 2 is 0.819 bits per heavy atom. The van der Waals surface area contributed by atoms with Gasteiger partial charge in [0.25, 0.3) is 0 Å². The Morgan fingerprint density at radius 1 is 0.444 bits per heavy atom. The Labute approximate surface area is 437 Å². The smallest absolute Gasteiger partial charge is 0.306 e. The van der Waals surface area contributed by atoms with Gasteiger partial charge in [0.1, 0.15) is 54.9 Å². The SMILES string of the molecule is CCCCCCCCCC/C=C\CCCCCCCCCCCCOCC(COC1OC(COC2OC(CO)C(O)C(O)C2O)C(O)C(O)C1O)OC(=O)CCCCCCCCCCCCCCCCCC. The van der Waals surface area contributed by atoms with Crippen LogP contribution in [0.4, 0.5) is 0 Å². The van der Waals surface area contributed by atoms with E-state index in [-0.39, 0.29) is 25.6 Å². The molecule has 0 radical (unpaired) electrons. The maximum absolute atomic E-state index is 13.1. The molecule has 7 N–H and O–H groups in total. The molecule has 2 heterocycles. The molecule has 11 unspecified atom stereocenters. The first kappa shape index (κ1) is 66.8. The number of aliphatic hydroxyl groups is 7. The van der Waals surface area contributed by atoms with Crippen LogP contribution in [0.1, 0.15) is 251 Å². The second-order valence-corrected chi connectivity index (χ2v) is 21.2. The maximum Gasteiger partial charge on any atom is 0.306 e. The van der Waals surface area contributed by atoms with Gasteiger partial charge in [-0.05, 0) is 38.5 Å². The van der Waals surface area contributed by atoms with Gasteiger partial charge < -0.3 is 64.2 Å². The molecule has 0 aromatic carbocycles. The van der Waals surface area contributed by atoms with Gasteiger partial charge >= 0.3 is 5.97 Å². The van der Waals surface area contributed by atoms with E-state index in [0.717, 1.165) is 38.5 Å². The Morgan fingerprint density at radius 3 is 1.26 bits per heavy atom. The summed E-state index contributed by atoms with van der Waals surface area (Å²) in [5.74, 6) is -0.370. The van der Waals surface area contributed by atoms with Crippen molar-refractivity contribution in [1.82, 2.24) is 0 Å². The highest BCUT2D eigenvalue weighted by molar-refractivity contribution is 5.69. The van der Waals surface area contributed by atoms with E-state index < -0.39 is 80.7 Å². The molecule has 0 spiro atoms. The van der Waals surface area contributed by atoms with Crippen LogP contribution < -0.4 is 0 Å². The minimum absolute atomic E-state index is 0.0669. The standard InChI is InChI=1S/C58H110O14/c1-3-5-7-9-11-13-15-17-19-21-22-23-24-25-26-28-30-32-34-36-38-40-42-67-44-47(70-50(60)41-39-37-35-33-31-29-27-20-18-16-14-12-10-8-6-4-2)45-68-57-56(66)54(64)52(62)49(72-57)46-69-58-55(65)53(63)51(61)48(43-59)71-58/h21-22,47-49,51-59,61-66H,3-20,23-46H2,1-2H3/b22-21-. The number of carbonyl (C=O) groups excluding carboxylic acids is 1. The van der Waals surface area contributed by atoms with Crippen LogP contribution >= 0.6 is 0 Å². The number of unbranched alkanes of at least 4 members (excludes halogenated alkanes) is 33. The van der Waals surface area contributed by atoms with Crippen molar-refractivity contribution < 1.29 is 69.0 Å². The predicted octanol–water partition coefficient (Wildman–Crippen LogP) is 10.6. The van der Waals surface area contributed by atoms with Gasteiger partial charge in [0.2, 0.25) is 0 Å². The highest BCUT2D eigenvalue weighted by atomic mass is 16.7. The number of hydrogen-bond donors (Lipinski definition) is 7. The molecule has 2 aliphatic heterocycles. The van der Waals surface area contributed by atoms with Crippen LogP contribution in [-0.2, 0) is 33.2 Å². The Balaban J connectivity index is 1.69. The van der Waals surface area contributed by atoms with Crippen molar-refractivity contribution in [2.45, 2.75) is 319 Å². The lowest BCUT2D eigenvalue weighted by Crippen LogP contribution is -2.61. The van der Waals surface area contributed by atoms with Gasteiger partial charge in [0.15, 0.2) is 12.6 Å². The first-order valence-electron chi connectivity index (χ1n) is 29.8. The Bertz CT molecular complexity index is 1240. The van der Waals surface area contributed by atoms with E-state index in [0.29, 0.717) is 13.0 Å². The topological polar surface area (TPSA) is 214 Å². The lowest BCUT2D eigenvalue weighted by Gasteiger charge is -2.42. The first-order valence-corrected chi connectivity index (χ1v) is 29.8. The van der Waals surface area contributed by atoms with Crippen LogP contribution in [0.5, 0.6) is 0 Å². The Kier molecular flexibility index (Phi) is 42.6. The van der Waals surface area contributed by atoms with Gasteiger partial charge in [0.05, 0.1) is 26.4 Å². The van der Waals surface area contributed by atoms with Crippen molar-refractivity contribution in [3.8, 4) is 0 Å². The van der Waals surface area contributed by atoms with Gasteiger partial charge in [-0.25, -0.2) is 0 Å². The van der Waals surface area contributed by atoms with E-state index in [2.05, 4.69) is 26.0 Å². The number of carbonyl (C=O) groups is 1. The summed E-state index contributed by atoms with van der Waals surface area (Å²) < 4.78 is 34.4. The summed E-state index contributed by atoms with van der Waals surface area (Å²) in [6, 6.07) is 0. The van der Waals surface area contributed by atoms with Crippen molar-refractivity contribution in [2.75, 3.05) is 33.0 Å². The van der Waals surface area contributed by atoms with Gasteiger partial charge in [-0.2, -0.15) is 0 Å². The Hall–Kier alpha value is -1.27.